The Labute approximate surface area is 278 Å². The van der Waals surface area contributed by atoms with Crippen LogP contribution in [0, 0.1) is 5.41 Å². The van der Waals surface area contributed by atoms with E-state index in [1.54, 1.807) is 40.4 Å². The molecule has 4 aromatic rings. The van der Waals surface area contributed by atoms with Gasteiger partial charge in [0, 0.05) is 29.0 Å². The van der Waals surface area contributed by atoms with Crippen molar-refractivity contribution < 1.29 is 14.6 Å². The highest BCUT2D eigenvalue weighted by molar-refractivity contribution is 6.40. The second-order valence-corrected chi connectivity index (χ2v) is 13.0. The lowest BCUT2D eigenvalue weighted by Gasteiger charge is -2.40. The number of halogens is 4. The van der Waals surface area contributed by atoms with E-state index in [9.17, 15) is 9.90 Å². The van der Waals surface area contributed by atoms with Gasteiger partial charge < -0.3 is 14.7 Å². The monoisotopic (exact) mass is 682 g/mol. The Hall–Kier alpha value is -2.82. The fourth-order valence-electron chi connectivity index (χ4n) is 4.31. The van der Waals surface area contributed by atoms with Crippen LogP contribution in [-0.2, 0) is 13.0 Å². The number of hydrogen-bond acceptors (Lipinski definition) is 6. The molecule has 44 heavy (non-hydrogen) atoms. The normalized spacial score (nSPS) is 12.7. The van der Waals surface area contributed by atoms with Crippen LogP contribution >= 0.6 is 46.4 Å². The van der Waals surface area contributed by atoms with Gasteiger partial charge >= 0.3 is 6.03 Å². The minimum absolute atomic E-state index is 0.152. The molecule has 0 aliphatic heterocycles. The molecule has 0 aliphatic carbocycles. The van der Waals surface area contributed by atoms with E-state index in [1.807, 2.05) is 52.0 Å². The van der Waals surface area contributed by atoms with E-state index in [4.69, 9.17) is 51.1 Å². The van der Waals surface area contributed by atoms with Gasteiger partial charge in [-0.1, -0.05) is 86.2 Å². The topological polar surface area (TPSA) is 98.3 Å². The number of aryl methyl sites for hydroxylation is 1. The molecular formula is C31H38Cl4N6O3. The Morgan fingerprint density at radius 1 is 0.977 bits per heavy atom. The Bertz CT molecular complexity index is 1420. The molecular weight excluding hydrogens is 646 g/mol. The molecule has 13 heteroatoms. The van der Waals surface area contributed by atoms with Crippen molar-refractivity contribution in [3.63, 3.8) is 0 Å². The number of amides is 1. The third-order valence-corrected chi connectivity index (χ3v) is 8.12. The fourth-order valence-corrected chi connectivity index (χ4v) is 5.36. The minimum Gasteiger partial charge on any atom is -0.489 e. The number of hydrogen-bond donors (Lipinski definition) is 1. The summed E-state index contributed by atoms with van der Waals surface area (Å²) in [6.45, 7) is 9.86. The van der Waals surface area contributed by atoms with Gasteiger partial charge in [-0.25, -0.2) is 14.8 Å². The van der Waals surface area contributed by atoms with Crippen LogP contribution in [0.4, 0.5) is 4.79 Å². The maximum Gasteiger partial charge on any atom is 0.329 e. The van der Waals surface area contributed by atoms with Gasteiger partial charge in [0.1, 0.15) is 25.6 Å². The van der Waals surface area contributed by atoms with Crippen molar-refractivity contribution in [1.29, 1.82) is 0 Å². The molecule has 238 valence electrons. The number of carbonyl (C=O) groups is 1. The first-order chi connectivity index (χ1) is 20.8. The van der Waals surface area contributed by atoms with Crippen LogP contribution in [0.5, 0.6) is 5.75 Å². The van der Waals surface area contributed by atoms with Crippen LogP contribution in [0.1, 0.15) is 46.1 Å². The van der Waals surface area contributed by atoms with Crippen LogP contribution in [0.3, 0.4) is 0 Å². The predicted octanol–water partition coefficient (Wildman–Crippen LogP) is 7.94. The molecule has 0 fully saturated rings. The smallest absolute Gasteiger partial charge is 0.329 e. The second-order valence-electron chi connectivity index (χ2n) is 11.3. The molecule has 1 unspecified atom stereocenters. The number of carbonyl (C=O) groups excluding carboxylic acids is 1. The molecule has 0 radical (unpaired) electrons. The van der Waals surface area contributed by atoms with Crippen LogP contribution in [-0.4, -0.2) is 65.7 Å². The summed E-state index contributed by atoms with van der Waals surface area (Å²) in [4.78, 5) is 21.8. The van der Waals surface area contributed by atoms with Gasteiger partial charge in [-0.2, -0.15) is 5.10 Å². The van der Waals surface area contributed by atoms with E-state index in [0.29, 0.717) is 46.9 Å². The van der Waals surface area contributed by atoms with Gasteiger partial charge in [0.05, 0.1) is 28.7 Å². The number of ether oxygens (including phenoxy) is 1. The summed E-state index contributed by atoms with van der Waals surface area (Å²) in [5, 5.41) is 17.1. The first-order valence-electron chi connectivity index (χ1n) is 14.2. The third-order valence-electron chi connectivity index (χ3n) is 7.09. The van der Waals surface area contributed by atoms with Crippen LogP contribution in [0.2, 0.25) is 20.1 Å². The molecule has 2 aromatic carbocycles. The zero-order valence-corrected chi connectivity index (χ0v) is 28.3. The van der Waals surface area contributed by atoms with E-state index < -0.39 is 5.60 Å². The zero-order valence-electron chi connectivity index (χ0n) is 25.3. The second kappa shape index (κ2) is 16.5. The highest BCUT2D eigenvalue weighted by Gasteiger charge is 2.40. The summed E-state index contributed by atoms with van der Waals surface area (Å²) in [5.41, 5.74) is 0.0479. The lowest BCUT2D eigenvalue weighted by Crippen LogP contribution is -2.47. The van der Waals surface area contributed by atoms with Gasteiger partial charge in [0.15, 0.2) is 5.75 Å². The highest BCUT2D eigenvalue weighted by Crippen LogP contribution is 2.36. The number of rotatable bonds is 11. The SMILES string of the molecule is CC(C)(C)C(O)(CCc1ccc(Cl)cc1)Cn1cncn1.CCCN(CCOc1c(Cl)cc(Cl)cc1Cl)C(=O)n1ccnc1. The number of aromatic nitrogens is 5. The van der Waals surface area contributed by atoms with Crippen LogP contribution in [0.25, 0.3) is 0 Å². The minimum atomic E-state index is -0.861. The average Bonchev–Trinajstić information content (AvgIpc) is 3.68. The van der Waals surface area contributed by atoms with Crippen molar-refractivity contribution in [1.82, 2.24) is 29.2 Å². The Kier molecular flexibility index (Phi) is 13.4. The van der Waals surface area contributed by atoms with Crippen molar-refractivity contribution in [2.75, 3.05) is 19.7 Å². The summed E-state index contributed by atoms with van der Waals surface area (Å²) < 4.78 is 8.74. The summed E-state index contributed by atoms with van der Waals surface area (Å²) >= 11 is 23.9. The van der Waals surface area contributed by atoms with Crippen molar-refractivity contribution in [3.8, 4) is 5.75 Å². The summed E-state index contributed by atoms with van der Waals surface area (Å²) in [7, 11) is 0. The summed E-state index contributed by atoms with van der Waals surface area (Å²) in [6, 6.07) is 10.7. The van der Waals surface area contributed by atoms with E-state index >= 15 is 0 Å². The van der Waals surface area contributed by atoms with Gasteiger partial charge in [-0.3, -0.25) is 9.25 Å². The standard InChI is InChI=1S/C16H22ClN3O.C15H16Cl3N3O2/c1-15(2,3)16(21,10-20-12-18-11-19-20)9-8-13-4-6-14(17)7-5-13;1-2-4-20(15(22)21-5-3-19-10-21)6-7-23-14-12(17)8-11(16)9-13(14)18/h4-7,11-12,21H,8-10H2,1-3H3;3,5,8-10H,2,4,6-7H2,1H3. The summed E-state index contributed by atoms with van der Waals surface area (Å²) in [5.74, 6) is 0.365. The number of imidazole rings is 1. The lowest BCUT2D eigenvalue weighted by molar-refractivity contribution is -0.0796. The number of aliphatic hydroxyl groups is 1. The molecule has 0 saturated heterocycles. The fraction of sp³-hybridized carbons (Fsp3) is 0.419. The molecule has 9 nitrogen and oxygen atoms in total. The Balaban J connectivity index is 0.000000241. The van der Waals surface area contributed by atoms with E-state index in [-0.39, 0.29) is 18.1 Å². The van der Waals surface area contributed by atoms with E-state index in [0.717, 1.165) is 17.9 Å². The Morgan fingerprint density at radius 3 is 2.20 bits per heavy atom. The first kappa shape index (κ1) is 35.7. The van der Waals surface area contributed by atoms with Crippen LogP contribution < -0.4 is 4.74 Å². The molecule has 1 atom stereocenters. The largest absolute Gasteiger partial charge is 0.489 e. The van der Waals surface area contributed by atoms with E-state index in [1.165, 1.54) is 22.8 Å². The molecule has 1 N–H and O–H groups in total. The number of benzene rings is 2. The zero-order chi connectivity index (χ0) is 32.3. The lowest BCUT2D eigenvalue weighted by atomic mass is 9.73. The molecule has 0 bridgehead atoms. The van der Waals surface area contributed by atoms with E-state index in [2.05, 4.69) is 15.1 Å². The van der Waals surface area contributed by atoms with Gasteiger partial charge in [-0.05, 0) is 54.5 Å². The van der Waals surface area contributed by atoms with Gasteiger partial charge in [0.2, 0.25) is 0 Å². The molecule has 0 aliphatic rings. The van der Waals surface area contributed by atoms with Crippen molar-refractivity contribution in [3.05, 3.63) is 93.4 Å². The summed E-state index contributed by atoms with van der Waals surface area (Å²) in [6.07, 6.45) is 10.0. The molecule has 4 rings (SSSR count). The maximum absolute atomic E-state index is 12.3. The highest BCUT2D eigenvalue weighted by atomic mass is 35.5. The molecule has 0 spiro atoms. The van der Waals surface area contributed by atoms with Crippen molar-refractivity contribution in [2.45, 2.75) is 59.1 Å². The third kappa shape index (κ3) is 10.4. The maximum atomic E-state index is 12.3. The van der Waals surface area contributed by atoms with Crippen molar-refractivity contribution >= 4 is 52.4 Å². The molecule has 1 amide bonds. The number of nitrogens with zero attached hydrogens (tertiary/aromatic N) is 6. The Morgan fingerprint density at radius 2 is 1.66 bits per heavy atom. The molecule has 2 aromatic heterocycles. The van der Waals surface area contributed by atoms with Crippen molar-refractivity contribution in [2.24, 2.45) is 5.41 Å². The molecule has 2 heterocycles. The predicted molar refractivity (Wildman–Crippen MR) is 176 cm³/mol. The first-order valence-corrected chi connectivity index (χ1v) is 15.7. The molecule has 0 saturated carbocycles. The van der Waals surface area contributed by atoms with Crippen LogP contribution in [0.15, 0.2) is 67.8 Å². The average molecular weight is 684 g/mol. The quantitative estimate of drug-likeness (QED) is 0.172. The van der Waals surface area contributed by atoms with Gasteiger partial charge in [-0.15, -0.1) is 0 Å². The van der Waals surface area contributed by atoms with Gasteiger partial charge in [0.25, 0.3) is 0 Å².